The molecule has 0 aliphatic heterocycles. The van der Waals surface area contributed by atoms with Crippen LogP contribution >= 0.6 is 0 Å². The van der Waals surface area contributed by atoms with Crippen molar-refractivity contribution in [3.63, 3.8) is 0 Å². The average molecular weight is 307 g/mol. The minimum absolute atomic E-state index is 0.0844. The number of pyridine rings is 1. The SMILES string of the molecule is OCC(c1ccccc1)(n1ncc2ncccc21)C(F)(F)F. The van der Waals surface area contributed by atoms with Crippen LogP contribution < -0.4 is 0 Å². The Morgan fingerprint density at radius 2 is 1.77 bits per heavy atom. The van der Waals surface area contributed by atoms with Crippen molar-refractivity contribution in [1.29, 1.82) is 0 Å². The Bertz CT molecular complexity index is 785. The number of fused-ring (bicyclic) bond motifs is 1. The summed E-state index contributed by atoms with van der Waals surface area (Å²) in [5, 5.41) is 13.6. The molecule has 0 amide bonds. The van der Waals surface area contributed by atoms with E-state index in [0.29, 0.717) is 5.52 Å². The lowest BCUT2D eigenvalue weighted by atomic mass is 9.89. The smallest absolute Gasteiger partial charge is 0.393 e. The van der Waals surface area contributed by atoms with Crippen molar-refractivity contribution in [2.24, 2.45) is 0 Å². The van der Waals surface area contributed by atoms with Gasteiger partial charge in [-0.2, -0.15) is 18.3 Å². The first-order valence-corrected chi connectivity index (χ1v) is 6.53. The van der Waals surface area contributed by atoms with E-state index in [-0.39, 0.29) is 11.1 Å². The highest BCUT2D eigenvalue weighted by Gasteiger charge is 2.58. The number of aromatic nitrogens is 3. The van der Waals surface area contributed by atoms with E-state index in [1.54, 1.807) is 6.07 Å². The van der Waals surface area contributed by atoms with E-state index in [9.17, 15) is 18.3 Å². The quantitative estimate of drug-likeness (QED) is 0.809. The first-order chi connectivity index (χ1) is 10.5. The molecule has 0 saturated heterocycles. The summed E-state index contributed by atoms with van der Waals surface area (Å²) in [5.74, 6) is 0. The molecule has 22 heavy (non-hydrogen) atoms. The van der Waals surface area contributed by atoms with Crippen LogP contribution in [0.5, 0.6) is 0 Å². The number of hydrogen-bond donors (Lipinski definition) is 1. The Morgan fingerprint density at radius 3 is 2.41 bits per heavy atom. The predicted octanol–water partition coefficient (Wildman–Crippen LogP) is 2.73. The number of benzene rings is 1. The highest BCUT2D eigenvalue weighted by Crippen LogP contribution is 2.43. The lowest BCUT2D eigenvalue weighted by Crippen LogP contribution is -2.52. The summed E-state index contributed by atoms with van der Waals surface area (Å²) in [6.45, 7) is -1.16. The van der Waals surface area contributed by atoms with Crippen LogP contribution in [-0.2, 0) is 5.54 Å². The Labute approximate surface area is 123 Å². The monoisotopic (exact) mass is 307 g/mol. The zero-order chi connectivity index (χ0) is 15.8. The second-order valence-corrected chi connectivity index (χ2v) is 4.85. The van der Waals surface area contributed by atoms with Gasteiger partial charge in [-0.15, -0.1) is 0 Å². The van der Waals surface area contributed by atoms with Crippen LogP contribution in [0.1, 0.15) is 5.56 Å². The maximum atomic E-state index is 13.9. The molecule has 1 unspecified atom stereocenters. The van der Waals surface area contributed by atoms with Crippen molar-refractivity contribution in [1.82, 2.24) is 14.8 Å². The van der Waals surface area contributed by atoms with E-state index in [1.165, 1.54) is 48.8 Å². The maximum absolute atomic E-state index is 13.9. The number of hydrogen-bond acceptors (Lipinski definition) is 3. The van der Waals surface area contributed by atoms with Crippen LogP contribution in [0.15, 0.2) is 54.9 Å². The number of rotatable bonds is 3. The predicted molar refractivity (Wildman–Crippen MR) is 74.2 cm³/mol. The molecule has 114 valence electrons. The van der Waals surface area contributed by atoms with Gasteiger partial charge in [-0.25, -0.2) is 4.68 Å². The topological polar surface area (TPSA) is 50.9 Å². The summed E-state index contributed by atoms with van der Waals surface area (Å²) in [6.07, 6.45) is -2.00. The van der Waals surface area contributed by atoms with Gasteiger partial charge in [0.2, 0.25) is 5.54 Å². The molecule has 2 heterocycles. The number of aliphatic hydroxyl groups excluding tert-OH is 1. The third-order valence-corrected chi connectivity index (χ3v) is 3.65. The summed E-state index contributed by atoms with van der Waals surface area (Å²) in [4.78, 5) is 3.99. The molecule has 1 atom stereocenters. The van der Waals surface area contributed by atoms with Crippen LogP contribution in [-0.4, -0.2) is 32.7 Å². The van der Waals surface area contributed by atoms with E-state index in [4.69, 9.17) is 0 Å². The molecule has 0 aliphatic carbocycles. The Kier molecular flexibility index (Phi) is 3.37. The van der Waals surface area contributed by atoms with Crippen LogP contribution in [0.2, 0.25) is 0 Å². The lowest BCUT2D eigenvalue weighted by Gasteiger charge is -2.35. The van der Waals surface area contributed by atoms with E-state index < -0.39 is 18.3 Å². The van der Waals surface area contributed by atoms with Gasteiger partial charge in [-0.3, -0.25) is 4.98 Å². The van der Waals surface area contributed by atoms with E-state index in [2.05, 4.69) is 10.1 Å². The third-order valence-electron chi connectivity index (χ3n) is 3.65. The Morgan fingerprint density at radius 1 is 1.05 bits per heavy atom. The van der Waals surface area contributed by atoms with Crippen LogP contribution in [0.3, 0.4) is 0 Å². The zero-order valence-electron chi connectivity index (χ0n) is 11.3. The first-order valence-electron chi connectivity index (χ1n) is 6.53. The minimum atomic E-state index is -4.74. The molecule has 7 heteroatoms. The Hall–Kier alpha value is -2.41. The highest BCUT2D eigenvalue weighted by molar-refractivity contribution is 5.74. The van der Waals surface area contributed by atoms with Crippen molar-refractivity contribution in [2.75, 3.05) is 6.61 Å². The second kappa shape index (κ2) is 5.10. The molecule has 0 fully saturated rings. The third kappa shape index (κ3) is 1.97. The molecule has 0 radical (unpaired) electrons. The summed E-state index contributed by atoms with van der Waals surface area (Å²) in [7, 11) is 0. The molecular formula is C15H12F3N3O. The molecule has 2 aromatic heterocycles. The van der Waals surface area contributed by atoms with Gasteiger partial charge in [0.15, 0.2) is 0 Å². The zero-order valence-corrected chi connectivity index (χ0v) is 11.3. The number of halogens is 3. The number of aliphatic hydroxyl groups is 1. The van der Waals surface area contributed by atoms with Crippen molar-refractivity contribution in [3.05, 3.63) is 60.4 Å². The lowest BCUT2D eigenvalue weighted by molar-refractivity contribution is -0.212. The van der Waals surface area contributed by atoms with Crippen molar-refractivity contribution in [2.45, 2.75) is 11.7 Å². The van der Waals surface area contributed by atoms with Gasteiger partial charge in [0, 0.05) is 6.20 Å². The normalized spacial score (nSPS) is 14.9. The number of alkyl halides is 3. The number of nitrogens with zero attached hydrogens (tertiary/aromatic N) is 3. The highest BCUT2D eigenvalue weighted by atomic mass is 19.4. The fraction of sp³-hybridized carbons (Fsp3) is 0.200. The molecule has 1 aromatic carbocycles. The van der Waals surface area contributed by atoms with Crippen molar-refractivity contribution in [3.8, 4) is 0 Å². The van der Waals surface area contributed by atoms with Gasteiger partial charge >= 0.3 is 6.18 Å². The van der Waals surface area contributed by atoms with Gasteiger partial charge in [0.1, 0.15) is 5.52 Å². The molecule has 4 nitrogen and oxygen atoms in total. The minimum Gasteiger partial charge on any atom is -0.393 e. The van der Waals surface area contributed by atoms with Gasteiger partial charge in [-0.05, 0) is 17.7 Å². The Balaban J connectivity index is 2.36. The molecule has 0 bridgehead atoms. The molecule has 3 aromatic rings. The van der Waals surface area contributed by atoms with Gasteiger partial charge in [-0.1, -0.05) is 30.3 Å². The molecular weight excluding hydrogens is 295 g/mol. The standard InChI is InChI=1S/C15H12F3N3O/c16-15(17,18)14(10-22,11-5-2-1-3-6-11)21-13-7-4-8-19-12(13)9-20-21/h1-9,22H,10H2. The summed E-state index contributed by atoms with van der Waals surface area (Å²) in [6, 6.07) is 10.3. The van der Waals surface area contributed by atoms with Crippen molar-refractivity contribution < 1.29 is 18.3 Å². The second-order valence-electron chi connectivity index (χ2n) is 4.85. The molecule has 0 spiro atoms. The molecule has 3 rings (SSSR count). The van der Waals surface area contributed by atoms with Crippen LogP contribution in [0.25, 0.3) is 11.0 Å². The average Bonchev–Trinajstić information content (AvgIpc) is 2.93. The fourth-order valence-corrected chi connectivity index (χ4v) is 2.53. The van der Waals surface area contributed by atoms with Gasteiger partial charge in [0.05, 0.1) is 18.3 Å². The largest absolute Gasteiger partial charge is 0.420 e. The summed E-state index contributed by atoms with van der Waals surface area (Å²) in [5.41, 5.74) is -2.20. The summed E-state index contributed by atoms with van der Waals surface area (Å²) >= 11 is 0. The van der Waals surface area contributed by atoms with Crippen molar-refractivity contribution >= 4 is 11.0 Å². The summed E-state index contributed by atoms with van der Waals surface area (Å²) < 4.78 is 42.5. The maximum Gasteiger partial charge on any atom is 0.420 e. The van der Waals surface area contributed by atoms with Crippen LogP contribution in [0, 0.1) is 0 Å². The molecule has 0 saturated carbocycles. The van der Waals surface area contributed by atoms with Gasteiger partial charge < -0.3 is 5.11 Å². The molecule has 1 N–H and O–H groups in total. The fourth-order valence-electron chi connectivity index (χ4n) is 2.53. The van der Waals surface area contributed by atoms with E-state index >= 15 is 0 Å². The van der Waals surface area contributed by atoms with Crippen LogP contribution in [0.4, 0.5) is 13.2 Å². The molecule has 0 aliphatic rings. The first kappa shape index (κ1) is 14.5. The van der Waals surface area contributed by atoms with E-state index in [0.717, 1.165) is 4.68 Å². The van der Waals surface area contributed by atoms with Gasteiger partial charge in [0.25, 0.3) is 0 Å². The van der Waals surface area contributed by atoms with E-state index in [1.807, 2.05) is 0 Å².